The summed E-state index contributed by atoms with van der Waals surface area (Å²) in [6.45, 7) is 0. The molecule has 0 fully saturated rings. The molecule has 2 heterocycles. The second-order valence-corrected chi connectivity index (χ2v) is 8.75. The molecule has 3 aromatic carbocycles. The van der Waals surface area contributed by atoms with Gasteiger partial charge in [0, 0.05) is 11.3 Å². The van der Waals surface area contributed by atoms with Crippen LogP contribution in [0, 0.1) is 0 Å². The highest BCUT2D eigenvalue weighted by Gasteiger charge is 2.38. The van der Waals surface area contributed by atoms with Crippen LogP contribution >= 0.6 is 11.8 Å². The zero-order chi connectivity index (χ0) is 23.5. The van der Waals surface area contributed by atoms with Gasteiger partial charge in [0.2, 0.25) is 11.1 Å². The number of ether oxygens (including phenoxy) is 2. The Morgan fingerprint density at radius 2 is 1.56 bits per heavy atom. The fraction of sp³-hybridized carbons (Fsp3) is 0.160. The van der Waals surface area contributed by atoms with Gasteiger partial charge in [0.05, 0.1) is 20.3 Å². The first-order valence-electron chi connectivity index (χ1n) is 10.7. The minimum Gasteiger partial charge on any atom is -0.497 e. The van der Waals surface area contributed by atoms with Gasteiger partial charge >= 0.3 is 0 Å². The van der Waals surface area contributed by atoms with Crippen LogP contribution in [0.25, 0.3) is 11.4 Å². The first kappa shape index (κ1) is 21.8. The maximum absolute atomic E-state index is 13.4. The molecular weight excluding hydrogens is 450 g/mol. The number of hydrogen-bond donors (Lipinski definition) is 2. The minimum absolute atomic E-state index is 0.140. The molecule has 1 aliphatic rings. The fourth-order valence-corrected chi connectivity index (χ4v) is 4.86. The van der Waals surface area contributed by atoms with Gasteiger partial charge in [-0.2, -0.15) is 0 Å². The van der Waals surface area contributed by atoms with E-state index in [0.29, 0.717) is 16.7 Å². The molecule has 0 aliphatic carbocycles. The Labute approximate surface area is 201 Å². The SMILES string of the molecule is COc1ccc(NC(=O)[C@@H]2Sc3nnc(-c4ccccc4)n3N[C@@H]2c2ccc(OC)cc2)cc1. The Balaban J connectivity index is 1.48. The Morgan fingerprint density at radius 3 is 2.21 bits per heavy atom. The van der Waals surface area contributed by atoms with Crippen LogP contribution in [0.5, 0.6) is 11.5 Å². The molecular formula is C25H23N5O3S. The number of carbonyl (C=O) groups excluding carboxylic acids is 1. The van der Waals surface area contributed by atoms with Crippen molar-refractivity contribution in [1.29, 1.82) is 0 Å². The number of nitrogens with one attached hydrogen (secondary N) is 2. The molecule has 0 spiro atoms. The maximum atomic E-state index is 13.4. The van der Waals surface area contributed by atoms with Crippen molar-refractivity contribution in [1.82, 2.24) is 14.9 Å². The molecule has 2 atom stereocenters. The summed E-state index contributed by atoms with van der Waals surface area (Å²) in [5, 5.41) is 11.9. The number of aromatic nitrogens is 3. The normalized spacial score (nSPS) is 16.8. The third-order valence-corrected chi connectivity index (χ3v) is 6.77. The molecule has 34 heavy (non-hydrogen) atoms. The zero-order valence-electron chi connectivity index (χ0n) is 18.6. The molecule has 2 N–H and O–H groups in total. The standard InChI is InChI=1S/C25H23N5O3S/c1-32-19-12-8-16(9-13-19)21-22(24(31)26-18-10-14-20(33-2)15-11-18)34-25-28-27-23(30(25)29-21)17-6-4-3-5-7-17/h3-15,21-22,29H,1-2H3,(H,26,31)/t21-,22-/m1/s1. The molecule has 0 bridgehead atoms. The van der Waals surface area contributed by atoms with Crippen LogP contribution in [-0.4, -0.2) is 40.3 Å². The maximum Gasteiger partial charge on any atom is 0.240 e. The molecule has 172 valence electrons. The largest absolute Gasteiger partial charge is 0.497 e. The average Bonchev–Trinajstić information content (AvgIpc) is 3.32. The number of thioether (sulfide) groups is 1. The third kappa shape index (κ3) is 4.29. The first-order chi connectivity index (χ1) is 16.7. The van der Waals surface area contributed by atoms with E-state index in [1.54, 1.807) is 14.2 Å². The summed E-state index contributed by atoms with van der Waals surface area (Å²) < 4.78 is 12.4. The van der Waals surface area contributed by atoms with E-state index in [9.17, 15) is 4.79 Å². The van der Waals surface area contributed by atoms with E-state index in [0.717, 1.165) is 22.6 Å². The Kier molecular flexibility index (Phi) is 6.09. The van der Waals surface area contributed by atoms with Crippen molar-refractivity contribution in [2.45, 2.75) is 16.4 Å². The van der Waals surface area contributed by atoms with Crippen molar-refractivity contribution in [3.05, 3.63) is 84.4 Å². The highest BCUT2D eigenvalue weighted by molar-refractivity contribution is 8.00. The van der Waals surface area contributed by atoms with Crippen LogP contribution in [0.2, 0.25) is 0 Å². The summed E-state index contributed by atoms with van der Waals surface area (Å²) >= 11 is 1.38. The summed E-state index contributed by atoms with van der Waals surface area (Å²) in [5.74, 6) is 2.03. The Hall–Kier alpha value is -3.98. The second kappa shape index (κ2) is 9.48. The van der Waals surface area contributed by atoms with Crippen molar-refractivity contribution in [3.63, 3.8) is 0 Å². The van der Waals surface area contributed by atoms with E-state index < -0.39 is 5.25 Å². The van der Waals surface area contributed by atoms with Crippen molar-refractivity contribution in [2.75, 3.05) is 25.0 Å². The third-order valence-electron chi connectivity index (χ3n) is 5.56. The zero-order valence-corrected chi connectivity index (χ0v) is 19.5. The molecule has 4 aromatic rings. The fourth-order valence-electron chi connectivity index (χ4n) is 3.78. The first-order valence-corrected chi connectivity index (χ1v) is 11.6. The number of carbonyl (C=O) groups is 1. The molecule has 1 amide bonds. The molecule has 1 aliphatic heterocycles. The lowest BCUT2D eigenvalue weighted by atomic mass is 10.0. The molecule has 8 nitrogen and oxygen atoms in total. The number of hydrogen-bond acceptors (Lipinski definition) is 7. The van der Waals surface area contributed by atoms with Gasteiger partial charge in [-0.3, -0.25) is 4.79 Å². The van der Waals surface area contributed by atoms with Gasteiger partial charge in [0.1, 0.15) is 16.7 Å². The van der Waals surface area contributed by atoms with Gasteiger partial charge in [-0.1, -0.05) is 54.2 Å². The van der Waals surface area contributed by atoms with E-state index in [1.807, 2.05) is 83.5 Å². The van der Waals surface area contributed by atoms with Crippen LogP contribution < -0.4 is 20.2 Å². The second-order valence-electron chi connectivity index (χ2n) is 7.64. The highest BCUT2D eigenvalue weighted by atomic mass is 32.2. The lowest BCUT2D eigenvalue weighted by molar-refractivity contribution is -0.116. The molecule has 9 heteroatoms. The van der Waals surface area contributed by atoms with Crippen LogP contribution in [0.3, 0.4) is 0 Å². The summed E-state index contributed by atoms with van der Waals surface area (Å²) in [7, 11) is 3.24. The van der Waals surface area contributed by atoms with E-state index in [4.69, 9.17) is 9.47 Å². The van der Waals surface area contributed by atoms with E-state index in [-0.39, 0.29) is 11.9 Å². The topological polar surface area (TPSA) is 90.3 Å². The number of fused-ring (bicyclic) bond motifs is 1. The summed E-state index contributed by atoms with van der Waals surface area (Å²) in [6.07, 6.45) is 0. The summed E-state index contributed by atoms with van der Waals surface area (Å²) in [4.78, 5) is 13.4. The van der Waals surface area contributed by atoms with E-state index in [1.165, 1.54) is 11.8 Å². The lowest BCUT2D eigenvalue weighted by Gasteiger charge is -2.33. The molecule has 5 rings (SSSR count). The van der Waals surface area contributed by atoms with Gasteiger partial charge in [-0.05, 0) is 42.0 Å². The van der Waals surface area contributed by atoms with Crippen LogP contribution in [-0.2, 0) is 4.79 Å². The highest BCUT2D eigenvalue weighted by Crippen LogP contribution is 2.39. The summed E-state index contributed by atoms with van der Waals surface area (Å²) in [6, 6.07) is 24.5. The Bertz CT molecular complexity index is 1280. The van der Waals surface area contributed by atoms with Crippen molar-refractivity contribution >= 4 is 23.4 Å². The van der Waals surface area contributed by atoms with Gasteiger partial charge in [-0.15, -0.1) is 10.2 Å². The molecule has 0 unspecified atom stereocenters. The monoisotopic (exact) mass is 473 g/mol. The van der Waals surface area contributed by atoms with Crippen molar-refractivity contribution < 1.29 is 14.3 Å². The Morgan fingerprint density at radius 1 is 0.912 bits per heavy atom. The van der Waals surface area contributed by atoms with Crippen molar-refractivity contribution in [2.24, 2.45) is 0 Å². The summed E-state index contributed by atoms with van der Waals surface area (Å²) in [5.41, 5.74) is 6.05. The predicted molar refractivity (Wildman–Crippen MR) is 132 cm³/mol. The van der Waals surface area contributed by atoms with Crippen molar-refractivity contribution in [3.8, 4) is 22.9 Å². The molecule has 1 aromatic heterocycles. The quantitative estimate of drug-likeness (QED) is 0.430. The van der Waals surface area contributed by atoms with E-state index in [2.05, 4.69) is 20.9 Å². The van der Waals surface area contributed by atoms with Crippen LogP contribution in [0.15, 0.2) is 84.0 Å². The van der Waals surface area contributed by atoms with Gasteiger partial charge < -0.3 is 20.2 Å². The minimum atomic E-state index is -0.490. The number of methoxy groups -OCH3 is 2. The van der Waals surface area contributed by atoms with Gasteiger partial charge in [0.25, 0.3) is 0 Å². The number of benzene rings is 3. The molecule has 0 radical (unpaired) electrons. The predicted octanol–water partition coefficient (Wildman–Crippen LogP) is 4.36. The lowest BCUT2D eigenvalue weighted by Crippen LogP contribution is -2.41. The number of amides is 1. The molecule has 0 saturated carbocycles. The smallest absolute Gasteiger partial charge is 0.240 e. The average molecular weight is 474 g/mol. The molecule has 0 saturated heterocycles. The van der Waals surface area contributed by atoms with Gasteiger partial charge in [0.15, 0.2) is 5.82 Å². The number of nitrogens with zero attached hydrogens (tertiary/aromatic N) is 3. The number of rotatable bonds is 6. The van der Waals surface area contributed by atoms with Crippen LogP contribution in [0.4, 0.5) is 5.69 Å². The van der Waals surface area contributed by atoms with Gasteiger partial charge in [-0.25, -0.2) is 4.68 Å². The number of anilines is 1. The van der Waals surface area contributed by atoms with E-state index >= 15 is 0 Å². The van der Waals surface area contributed by atoms with Crippen LogP contribution in [0.1, 0.15) is 11.6 Å².